The second-order valence-electron chi connectivity index (χ2n) is 6.97. The zero-order valence-electron chi connectivity index (χ0n) is 18.6. The highest BCUT2D eigenvalue weighted by molar-refractivity contribution is 14.0. The molecule has 0 amide bonds. The summed E-state index contributed by atoms with van der Waals surface area (Å²) < 4.78 is 10.5. The number of benzene rings is 1. The number of hydrogen-bond acceptors (Lipinski definition) is 6. The van der Waals surface area contributed by atoms with Gasteiger partial charge in [0.05, 0.1) is 7.11 Å². The van der Waals surface area contributed by atoms with Crippen LogP contribution >= 0.6 is 24.0 Å². The van der Waals surface area contributed by atoms with Gasteiger partial charge in [-0.2, -0.15) is 4.98 Å². The Balaban J connectivity index is 0.00000363. The molecule has 2 N–H and O–H groups in total. The van der Waals surface area contributed by atoms with Crippen LogP contribution < -0.4 is 15.4 Å². The first-order chi connectivity index (χ1) is 15.3. The molecule has 2 aromatic heterocycles. The Morgan fingerprint density at radius 3 is 2.62 bits per heavy atom. The number of methoxy groups -OCH3 is 1. The van der Waals surface area contributed by atoms with E-state index in [2.05, 4.69) is 49.8 Å². The Labute approximate surface area is 206 Å². The van der Waals surface area contributed by atoms with Crippen LogP contribution in [-0.2, 0) is 12.8 Å². The summed E-state index contributed by atoms with van der Waals surface area (Å²) in [6.07, 6.45) is 5.50. The number of halogens is 1. The quantitative estimate of drug-likeness (QED) is 0.162. The maximum absolute atomic E-state index is 5.29. The zero-order chi connectivity index (χ0) is 21.7. The van der Waals surface area contributed by atoms with Gasteiger partial charge in [-0.25, -0.2) is 0 Å². The van der Waals surface area contributed by atoms with Crippen LogP contribution in [-0.4, -0.2) is 47.8 Å². The first-order valence-corrected chi connectivity index (χ1v) is 10.7. The number of rotatable bonds is 11. The normalized spacial score (nSPS) is 11.0. The van der Waals surface area contributed by atoms with E-state index in [-0.39, 0.29) is 24.0 Å². The Morgan fingerprint density at radius 2 is 1.91 bits per heavy atom. The van der Waals surface area contributed by atoms with Crippen molar-refractivity contribution in [1.29, 1.82) is 0 Å². The maximum atomic E-state index is 5.29. The van der Waals surface area contributed by atoms with Crippen molar-refractivity contribution in [3.8, 4) is 17.3 Å². The van der Waals surface area contributed by atoms with Crippen LogP contribution in [0.2, 0.25) is 0 Å². The number of ether oxygens (including phenoxy) is 1. The molecule has 3 rings (SSSR count). The Bertz CT molecular complexity index is 931. The van der Waals surface area contributed by atoms with E-state index in [1.807, 2.05) is 30.3 Å². The summed E-state index contributed by atoms with van der Waals surface area (Å²) in [6.45, 7) is 4.30. The van der Waals surface area contributed by atoms with E-state index < -0.39 is 0 Å². The molecule has 1 aromatic carbocycles. The van der Waals surface area contributed by atoms with Gasteiger partial charge in [0.1, 0.15) is 11.4 Å². The molecule has 0 unspecified atom stereocenters. The highest BCUT2D eigenvalue weighted by Gasteiger charge is 2.09. The second kappa shape index (κ2) is 14.4. The molecule has 3 aromatic rings. The van der Waals surface area contributed by atoms with Gasteiger partial charge in [0, 0.05) is 32.3 Å². The van der Waals surface area contributed by atoms with E-state index in [0.717, 1.165) is 44.1 Å². The molecular formula is C23H31IN6O2. The van der Waals surface area contributed by atoms with E-state index in [1.54, 1.807) is 13.3 Å². The van der Waals surface area contributed by atoms with Crippen molar-refractivity contribution in [1.82, 2.24) is 25.8 Å². The van der Waals surface area contributed by atoms with E-state index >= 15 is 0 Å². The van der Waals surface area contributed by atoms with Gasteiger partial charge in [-0.3, -0.25) is 9.98 Å². The first-order valence-electron chi connectivity index (χ1n) is 10.7. The molecule has 0 atom stereocenters. The molecule has 172 valence electrons. The summed E-state index contributed by atoms with van der Waals surface area (Å²) >= 11 is 0. The highest BCUT2D eigenvalue weighted by Crippen LogP contribution is 2.14. The molecule has 0 bridgehead atoms. The number of unbranched alkanes of at least 4 members (excludes halogenated alkanes) is 1. The number of aryl methyl sites for hydroxylation is 1. The third-order valence-electron chi connectivity index (χ3n) is 4.64. The lowest BCUT2D eigenvalue weighted by Gasteiger charge is -2.10. The van der Waals surface area contributed by atoms with Crippen LogP contribution in [0.5, 0.6) is 5.75 Å². The SMILES string of the molecule is CCNC(=NCCCCc1ccc(OC)cc1)NCCc1noc(-c2ccccn2)n1.I. The van der Waals surface area contributed by atoms with Gasteiger partial charge in [0.2, 0.25) is 0 Å². The van der Waals surface area contributed by atoms with Crippen molar-refractivity contribution in [2.45, 2.75) is 32.6 Å². The monoisotopic (exact) mass is 550 g/mol. The standard InChI is InChI=1S/C23H30N6O2.HI/c1-3-24-23(26-16-6-4-8-18-10-12-19(30-2)13-11-18)27-17-14-21-28-22(31-29-21)20-9-5-7-15-25-20;/h5,7,9-13,15H,3-4,6,8,14,16-17H2,1-2H3,(H2,24,26,27);1H. The fourth-order valence-corrected chi connectivity index (χ4v) is 3.01. The Morgan fingerprint density at radius 1 is 1.06 bits per heavy atom. The molecule has 0 radical (unpaired) electrons. The smallest absolute Gasteiger partial charge is 0.276 e. The predicted molar refractivity (Wildman–Crippen MR) is 137 cm³/mol. The van der Waals surface area contributed by atoms with Crippen molar-refractivity contribution in [2.24, 2.45) is 4.99 Å². The molecular weight excluding hydrogens is 519 g/mol. The minimum absolute atomic E-state index is 0. The Hall–Kier alpha value is -2.69. The molecule has 0 fully saturated rings. The molecule has 8 nitrogen and oxygen atoms in total. The molecule has 0 saturated heterocycles. The number of aliphatic imine (C=N–C) groups is 1. The number of nitrogens with zero attached hydrogens (tertiary/aromatic N) is 4. The summed E-state index contributed by atoms with van der Waals surface area (Å²) in [5.74, 6) is 2.78. The van der Waals surface area contributed by atoms with Crippen molar-refractivity contribution in [3.05, 3.63) is 60.0 Å². The van der Waals surface area contributed by atoms with Crippen molar-refractivity contribution in [2.75, 3.05) is 26.7 Å². The predicted octanol–water partition coefficient (Wildman–Crippen LogP) is 3.88. The van der Waals surface area contributed by atoms with Gasteiger partial charge in [-0.1, -0.05) is 23.4 Å². The zero-order valence-corrected chi connectivity index (χ0v) is 20.9. The highest BCUT2D eigenvalue weighted by atomic mass is 127. The summed E-state index contributed by atoms with van der Waals surface area (Å²) in [5, 5.41) is 10.6. The van der Waals surface area contributed by atoms with Gasteiger partial charge in [-0.05, 0) is 56.0 Å². The van der Waals surface area contributed by atoms with Gasteiger partial charge in [-0.15, -0.1) is 24.0 Å². The first kappa shape index (κ1) is 25.6. The number of pyridine rings is 1. The lowest BCUT2D eigenvalue weighted by Crippen LogP contribution is -2.38. The summed E-state index contributed by atoms with van der Waals surface area (Å²) in [4.78, 5) is 13.3. The number of guanidine groups is 1. The van der Waals surface area contributed by atoms with Crippen LogP contribution in [0.15, 0.2) is 58.2 Å². The number of nitrogens with one attached hydrogen (secondary N) is 2. The average molecular weight is 550 g/mol. The number of aromatic nitrogens is 3. The van der Waals surface area contributed by atoms with Crippen molar-refractivity contribution in [3.63, 3.8) is 0 Å². The average Bonchev–Trinajstić information content (AvgIpc) is 3.29. The second-order valence-corrected chi connectivity index (χ2v) is 6.97. The van der Waals surface area contributed by atoms with Gasteiger partial charge < -0.3 is 19.9 Å². The fourth-order valence-electron chi connectivity index (χ4n) is 3.01. The van der Waals surface area contributed by atoms with Crippen LogP contribution in [0.1, 0.15) is 31.2 Å². The topological polar surface area (TPSA) is 97.5 Å². The molecule has 32 heavy (non-hydrogen) atoms. The molecule has 0 aliphatic rings. The lowest BCUT2D eigenvalue weighted by molar-refractivity contribution is 0.414. The van der Waals surface area contributed by atoms with Crippen molar-refractivity contribution >= 4 is 29.9 Å². The summed E-state index contributed by atoms with van der Waals surface area (Å²) in [6, 6.07) is 13.8. The van der Waals surface area contributed by atoms with Gasteiger partial charge in [0.25, 0.3) is 5.89 Å². The van der Waals surface area contributed by atoms with E-state index in [0.29, 0.717) is 30.4 Å². The lowest BCUT2D eigenvalue weighted by atomic mass is 10.1. The maximum Gasteiger partial charge on any atom is 0.276 e. The molecule has 2 heterocycles. The van der Waals surface area contributed by atoms with E-state index in [4.69, 9.17) is 9.26 Å². The molecule has 0 aliphatic carbocycles. The molecule has 0 spiro atoms. The van der Waals surface area contributed by atoms with Crippen LogP contribution in [0.4, 0.5) is 0 Å². The van der Waals surface area contributed by atoms with E-state index in [9.17, 15) is 0 Å². The number of hydrogen-bond donors (Lipinski definition) is 2. The third-order valence-corrected chi connectivity index (χ3v) is 4.64. The fraction of sp³-hybridized carbons (Fsp3) is 0.391. The molecule has 9 heteroatoms. The minimum Gasteiger partial charge on any atom is -0.497 e. The largest absolute Gasteiger partial charge is 0.497 e. The van der Waals surface area contributed by atoms with Crippen LogP contribution in [0, 0.1) is 0 Å². The Kier molecular flexibility index (Phi) is 11.5. The summed E-state index contributed by atoms with van der Waals surface area (Å²) in [7, 11) is 1.69. The molecule has 0 saturated carbocycles. The van der Waals surface area contributed by atoms with Crippen LogP contribution in [0.3, 0.4) is 0 Å². The van der Waals surface area contributed by atoms with Crippen molar-refractivity contribution < 1.29 is 9.26 Å². The van der Waals surface area contributed by atoms with Gasteiger partial charge >= 0.3 is 0 Å². The van der Waals surface area contributed by atoms with E-state index in [1.165, 1.54) is 5.56 Å². The third kappa shape index (κ3) is 8.45. The summed E-state index contributed by atoms with van der Waals surface area (Å²) in [5.41, 5.74) is 2.00. The minimum atomic E-state index is 0. The van der Waals surface area contributed by atoms with Gasteiger partial charge in [0.15, 0.2) is 11.8 Å². The van der Waals surface area contributed by atoms with Crippen LogP contribution in [0.25, 0.3) is 11.6 Å². The molecule has 0 aliphatic heterocycles.